The Morgan fingerprint density at radius 1 is 1.39 bits per heavy atom. The number of carbonyl (C=O) groups excluding carboxylic acids is 1. The number of esters is 1. The van der Waals surface area contributed by atoms with Gasteiger partial charge in [-0.15, -0.1) is 0 Å². The summed E-state index contributed by atoms with van der Waals surface area (Å²) in [6, 6.07) is 2.42. The van der Waals surface area contributed by atoms with Gasteiger partial charge in [-0.05, 0) is 41.9 Å². The molecule has 18 heavy (non-hydrogen) atoms. The number of hydrogen-bond donors (Lipinski definition) is 0. The highest BCUT2D eigenvalue weighted by Gasteiger charge is 2.21. The maximum absolute atomic E-state index is 11.7. The largest absolute Gasteiger partial charge is 0.459 e. The van der Waals surface area contributed by atoms with E-state index < -0.39 is 15.0 Å². The van der Waals surface area contributed by atoms with Crippen LogP contribution in [0.15, 0.2) is 21.5 Å². The molecule has 1 aromatic rings. The van der Waals surface area contributed by atoms with Gasteiger partial charge in [0.05, 0.1) is 26.1 Å². The van der Waals surface area contributed by atoms with Gasteiger partial charge in [0.25, 0.3) is 9.05 Å². The Morgan fingerprint density at radius 3 is 2.39 bits per heavy atom. The Bertz CT molecular complexity index is 584. The molecule has 0 aliphatic carbocycles. The van der Waals surface area contributed by atoms with Gasteiger partial charge >= 0.3 is 5.97 Å². The van der Waals surface area contributed by atoms with Crippen LogP contribution in [-0.4, -0.2) is 20.5 Å². The maximum atomic E-state index is 11.7. The van der Waals surface area contributed by atoms with Gasteiger partial charge < -0.3 is 4.74 Å². The van der Waals surface area contributed by atoms with Gasteiger partial charge in [-0.1, -0.05) is 11.6 Å². The third-order valence-corrected chi connectivity index (χ3v) is 4.83. The zero-order valence-corrected chi connectivity index (χ0v) is 13.3. The third kappa shape index (κ3) is 3.85. The summed E-state index contributed by atoms with van der Waals surface area (Å²) < 4.78 is 27.7. The molecule has 1 rings (SSSR count). The lowest BCUT2D eigenvalue weighted by atomic mass is 10.2. The van der Waals surface area contributed by atoms with Crippen LogP contribution >= 0.6 is 38.2 Å². The second kappa shape index (κ2) is 5.77. The lowest BCUT2D eigenvalue weighted by Crippen LogP contribution is -2.12. The van der Waals surface area contributed by atoms with Crippen LogP contribution in [0.3, 0.4) is 0 Å². The van der Waals surface area contributed by atoms with Gasteiger partial charge in [-0.2, -0.15) is 0 Å². The molecule has 0 saturated carbocycles. The standard InChI is InChI=1S/C10H9BrCl2O4S/c1-5(2)17-10(14)6-3-7(12)9(11)8(4-6)18(13,15)16/h3-5H,1-2H3. The minimum atomic E-state index is -4.01. The van der Waals surface area contributed by atoms with E-state index in [1.165, 1.54) is 6.07 Å². The minimum Gasteiger partial charge on any atom is -0.459 e. The smallest absolute Gasteiger partial charge is 0.338 e. The summed E-state index contributed by atoms with van der Waals surface area (Å²) in [7, 11) is 1.24. The van der Waals surface area contributed by atoms with Crippen molar-refractivity contribution in [3.63, 3.8) is 0 Å². The number of hydrogen-bond acceptors (Lipinski definition) is 4. The molecular weight excluding hydrogens is 367 g/mol. The van der Waals surface area contributed by atoms with Crippen molar-refractivity contribution in [1.82, 2.24) is 0 Å². The molecule has 0 fully saturated rings. The molecule has 0 aliphatic heterocycles. The monoisotopic (exact) mass is 374 g/mol. The van der Waals surface area contributed by atoms with Crippen molar-refractivity contribution in [3.05, 3.63) is 27.2 Å². The van der Waals surface area contributed by atoms with Gasteiger partial charge in [0, 0.05) is 10.7 Å². The van der Waals surface area contributed by atoms with E-state index in [0.717, 1.165) is 6.07 Å². The van der Waals surface area contributed by atoms with Gasteiger partial charge in [-0.25, -0.2) is 13.2 Å². The van der Waals surface area contributed by atoms with Crippen LogP contribution in [0, 0.1) is 0 Å². The number of carbonyl (C=O) groups is 1. The first-order valence-corrected chi connectivity index (χ1v) is 8.25. The van der Waals surface area contributed by atoms with E-state index in [1.807, 2.05) is 0 Å². The number of rotatable bonds is 3. The number of benzene rings is 1. The third-order valence-electron chi connectivity index (χ3n) is 1.84. The summed E-state index contributed by atoms with van der Waals surface area (Å²) in [6.45, 7) is 3.36. The van der Waals surface area contributed by atoms with E-state index in [2.05, 4.69) is 15.9 Å². The van der Waals surface area contributed by atoms with Gasteiger partial charge in [-0.3, -0.25) is 0 Å². The quantitative estimate of drug-likeness (QED) is 0.598. The summed E-state index contributed by atoms with van der Waals surface area (Å²) in [6.07, 6.45) is -0.323. The second-order valence-corrected chi connectivity index (χ2v) is 7.40. The van der Waals surface area contributed by atoms with Crippen molar-refractivity contribution in [1.29, 1.82) is 0 Å². The van der Waals surface area contributed by atoms with Crippen molar-refractivity contribution in [2.75, 3.05) is 0 Å². The molecule has 8 heteroatoms. The number of ether oxygens (including phenoxy) is 1. The zero-order chi connectivity index (χ0) is 14.1. The van der Waals surface area contributed by atoms with Crippen molar-refractivity contribution < 1.29 is 17.9 Å². The van der Waals surface area contributed by atoms with Gasteiger partial charge in [0.1, 0.15) is 0 Å². The molecule has 0 spiro atoms. The van der Waals surface area contributed by atoms with Crippen LogP contribution in [-0.2, 0) is 13.8 Å². The first kappa shape index (κ1) is 15.8. The summed E-state index contributed by atoms with van der Waals surface area (Å²) >= 11 is 8.83. The van der Waals surface area contributed by atoms with Gasteiger partial charge in [0.2, 0.25) is 0 Å². The highest BCUT2D eigenvalue weighted by molar-refractivity contribution is 9.10. The first-order chi connectivity index (χ1) is 8.12. The molecule has 0 unspecified atom stereocenters. The first-order valence-electron chi connectivity index (χ1n) is 4.77. The van der Waals surface area contributed by atoms with Crippen LogP contribution in [0.1, 0.15) is 24.2 Å². The molecule has 4 nitrogen and oxygen atoms in total. The molecule has 0 aromatic heterocycles. The molecule has 0 amide bonds. The summed E-state index contributed by atoms with van der Waals surface area (Å²) in [4.78, 5) is 11.4. The van der Waals surface area contributed by atoms with Crippen molar-refractivity contribution in [2.24, 2.45) is 0 Å². The van der Waals surface area contributed by atoms with Crippen molar-refractivity contribution in [3.8, 4) is 0 Å². The zero-order valence-electron chi connectivity index (χ0n) is 9.41. The van der Waals surface area contributed by atoms with Crippen LogP contribution in [0.2, 0.25) is 5.02 Å². The predicted octanol–water partition coefficient (Wildman–Crippen LogP) is 3.60. The maximum Gasteiger partial charge on any atom is 0.338 e. The molecule has 0 heterocycles. The molecule has 0 atom stereocenters. The Hall–Kier alpha value is -0.300. The van der Waals surface area contributed by atoms with Crippen LogP contribution in [0.4, 0.5) is 0 Å². The molecule has 0 saturated heterocycles. The number of halogens is 3. The van der Waals surface area contributed by atoms with Crippen molar-refractivity contribution >= 4 is 53.2 Å². The van der Waals surface area contributed by atoms with E-state index in [9.17, 15) is 13.2 Å². The Labute approximate surface area is 123 Å². The predicted molar refractivity (Wildman–Crippen MR) is 72.7 cm³/mol. The van der Waals surface area contributed by atoms with E-state index in [-0.39, 0.29) is 26.1 Å². The van der Waals surface area contributed by atoms with Crippen LogP contribution < -0.4 is 0 Å². The molecule has 100 valence electrons. The molecule has 0 N–H and O–H groups in total. The summed E-state index contributed by atoms with van der Waals surface area (Å²) in [5.74, 6) is -0.666. The molecule has 0 aliphatic rings. The average Bonchev–Trinajstić information content (AvgIpc) is 2.18. The fourth-order valence-corrected chi connectivity index (χ4v) is 3.52. The normalized spacial score (nSPS) is 11.7. The van der Waals surface area contributed by atoms with Crippen LogP contribution in [0.5, 0.6) is 0 Å². The van der Waals surface area contributed by atoms with E-state index in [0.29, 0.717) is 0 Å². The highest BCUT2D eigenvalue weighted by Crippen LogP contribution is 2.33. The molecular formula is C10H9BrCl2O4S. The van der Waals surface area contributed by atoms with E-state index in [4.69, 9.17) is 27.0 Å². The molecule has 1 aromatic carbocycles. The van der Waals surface area contributed by atoms with Crippen LogP contribution in [0.25, 0.3) is 0 Å². The second-order valence-electron chi connectivity index (χ2n) is 3.66. The molecule has 0 bridgehead atoms. The Morgan fingerprint density at radius 2 is 1.94 bits per heavy atom. The Balaban J connectivity index is 3.34. The lowest BCUT2D eigenvalue weighted by Gasteiger charge is -2.10. The van der Waals surface area contributed by atoms with Gasteiger partial charge in [0.15, 0.2) is 0 Å². The lowest BCUT2D eigenvalue weighted by molar-refractivity contribution is 0.0377. The Kier molecular flexibility index (Phi) is 5.05. The average molecular weight is 376 g/mol. The van der Waals surface area contributed by atoms with E-state index >= 15 is 0 Å². The van der Waals surface area contributed by atoms with Crippen molar-refractivity contribution in [2.45, 2.75) is 24.8 Å². The molecule has 0 radical (unpaired) electrons. The minimum absolute atomic E-state index is 0.0242. The fourth-order valence-electron chi connectivity index (χ4n) is 1.14. The summed E-state index contributed by atoms with van der Waals surface area (Å²) in [5, 5.41) is 0.0624. The summed E-state index contributed by atoms with van der Waals surface area (Å²) in [5.41, 5.74) is 0.0242. The highest BCUT2D eigenvalue weighted by atomic mass is 79.9. The fraction of sp³-hybridized carbons (Fsp3) is 0.300. The van der Waals surface area contributed by atoms with E-state index in [1.54, 1.807) is 13.8 Å². The topological polar surface area (TPSA) is 60.4 Å². The SMILES string of the molecule is CC(C)OC(=O)c1cc(Cl)c(Br)c(S(=O)(=O)Cl)c1.